The lowest BCUT2D eigenvalue weighted by Gasteiger charge is -2.29. The van der Waals surface area contributed by atoms with Crippen molar-refractivity contribution in [3.8, 4) is 0 Å². The Kier molecular flexibility index (Phi) is 4.35. The van der Waals surface area contributed by atoms with E-state index in [9.17, 15) is 4.79 Å². The maximum absolute atomic E-state index is 11.2. The van der Waals surface area contributed by atoms with Gasteiger partial charge in [0, 0.05) is 6.61 Å². The van der Waals surface area contributed by atoms with E-state index in [1.165, 1.54) is 7.11 Å². The lowest BCUT2D eigenvalue weighted by Crippen LogP contribution is -2.40. The van der Waals surface area contributed by atoms with Crippen LogP contribution < -0.4 is 5.73 Å². The van der Waals surface area contributed by atoms with Gasteiger partial charge >= 0.3 is 5.97 Å². The lowest BCUT2D eigenvalue weighted by atomic mass is 9.79. The van der Waals surface area contributed by atoms with Crippen LogP contribution in [0.25, 0.3) is 0 Å². The zero-order chi connectivity index (χ0) is 10.6. The Morgan fingerprint density at radius 1 is 1.50 bits per heavy atom. The molecule has 1 atom stereocenters. The van der Waals surface area contributed by atoms with E-state index in [4.69, 9.17) is 10.8 Å². The number of carbonyl (C=O) groups excluding carboxylic acids is 1. The Morgan fingerprint density at radius 3 is 2.50 bits per heavy atom. The monoisotopic (exact) mass is 201 g/mol. The predicted molar refractivity (Wildman–Crippen MR) is 52.5 cm³/mol. The molecule has 0 spiro atoms. The molecule has 1 saturated carbocycles. The summed E-state index contributed by atoms with van der Waals surface area (Å²) in [6.07, 6.45) is 3.76. The molecule has 82 valence electrons. The maximum atomic E-state index is 11.2. The second-order valence-corrected chi connectivity index (χ2v) is 4.01. The van der Waals surface area contributed by atoms with Crippen molar-refractivity contribution in [2.24, 2.45) is 17.6 Å². The summed E-state index contributed by atoms with van der Waals surface area (Å²) in [5, 5.41) is 8.95. The van der Waals surface area contributed by atoms with Gasteiger partial charge in [-0.05, 0) is 37.5 Å². The van der Waals surface area contributed by atoms with Gasteiger partial charge in [0.1, 0.15) is 6.04 Å². The fraction of sp³-hybridized carbons (Fsp3) is 0.900. The summed E-state index contributed by atoms with van der Waals surface area (Å²) in [5.74, 6) is 0.304. The third-order valence-electron chi connectivity index (χ3n) is 3.13. The van der Waals surface area contributed by atoms with E-state index < -0.39 is 6.04 Å². The molecule has 0 aliphatic heterocycles. The SMILES string of the molecule is COC(=O)[C@@H](N)C1CCC(CO)CC1. The van der Waals surface area contributed by atoms with E-state index >= 15 is 0 Å². The standard InChI is InChI=1S/C10H19NO3/c1-14-10(13)9(11)8-4-2-7(6-12)3-5-8/h7-9,12H,2-6,11H2,1H3/t7?,8?,9-/m0/s1. The van der Waals surface area contributed by atoms with Crippen molar-refractivity contribution in [2.45, 2.75) is 31.7 Å². The molecule has 0 heterocycles. The summed E-state index contributed by atoms with van der Waals surface area (Å²) in [4.78, 5) is 11.2. The van der Waals surface area contributed by atoms with Crippen LogP contribution in [0.15, 0.2) is 0 Å². The molecule has 0 radical (unpaired) electrons. The minimum Gasteiger partial charge on any atom is -0.468 e. The summed E-state index contributed by atoms with van der Waals surface area (Å²) in [6.45, 7) is 0.250. The molecule has 3 N–H and O–H groups in total. The summed E-state index contributed by atoms with van der Waals surface area (Å²) in [5.41, 5.74) is 5.75. The summed E-state index contributed by atoms with van der Waals surface area (Å²) in [7, 11) is 1.36. The van der Waals surface area contributed by atoms with Crippen molar-refractivity contribution < 1.29 is 14.6 Å². The minimum absolute atomic E-state index is 0.227. The predicted octanol–water partition coefficient (Wildman–Crippen LogP) is 0.285. The number of rotatable bonds is 3. The van der Waals surface area contributed by atoms with Gasteiger partial charge in [-0.15, -0.1) is 0 Å². The van der Waals surface area contributed by atoms with Crippen LogP contribution >= 0.6 is 0 Å². The highest BCUT2D eigenvalue weighted by Gasteiger charge is 2.29. The van der Waals surface area contributed by atoms with Gasteiger partial charge in [-0.25, -0.2) is 0 Å². The number of nitrogens with two attached hydrogens (primary N) is 1. The molecule has 4 nitrogen and oxygen atoms in total. The molecule has 4 heteroatoms. The summed E-state index contributed by atoms with van der Waals surface area (Å²) in [6, 6.07) is -0.486. The van der Waals surface area contributed by atoms with E-state index in [0.717, 1.165) is 25.7 Å². The lowest BCUT2D eigenvalue weighted by molar-refractivity contribution is -0.143. The molecule has 0 aromatic rings. The average molecular weight is 201 g/mol. The highest BCUT2D eigenvalue weighted by Crippen LogP contribution is 2.30. The Balaban J connectivity index is 2.37. The number of methoxy groups -OCH3 is 1. The highest BCUT2D eigenvalue weighted by atomic mass is 16.5. The second kappa shape index (κ2) is 5.32. The minimum atomic E-state index is -0.486. The van der Waals surface area contributed by atoms with Crippen LogP contribution in [0.5, 0.6) is 0 Å². The molecule has 0 aromatic heterocycles. The first-order valence-electron chi connectivity index (χ1n) is 5.13. The average Bonchev–Trinajstić information content (AvgIpc) is 2.27. The van der Waals surface area contributed by atoms with Crippen LogP contribution in [-0.2, 0) is 9.53 Å². The molecule has 1 aliphatic carbocycles. The molecule has 0 saturated heterocycles. The largest absolute Gasteiger partial charge is 0.468 e. The van der Waals surface area contributed by atoms with E-state index in [2.05, 4.69) is 4.74 Å². The van der Waals surface area contributed by atoms with Crippen LogP contribution in [0, 0.1) is 11.8 Å². The van der Waals surface area contributed by atoms with Gasteiger partial charge in [0.2, 0.25) is 0 Å². The molecule has 0 bridgehead atoms. The Hall–Kier alpha value is -0.610. The Labute approximate surface area is 84.4 Å². The van der Waals surface area contributed by atoms with E-state index in [-0.39, 0.29) is 18.5 Å². The summed E-state index contributed by atoms with van der Waals surface area (Å²) < 4.78 is 4.61. The summed E-state index contributed by atoms with van der Waals surface area (Å²) >= 11 is 0. The number of hydrogen-bond acceptors (Lipinski definition) is 4. The van der Waals surface area contributed by atoms with E-state index in [0.29, 0.717) is 5.92 Å². The normalized spacial score (nSPS) is 29.6. The first-order valence-corrected chi connectivity index (χ1v) is 5.13. The van der Waals surface area contributed by atoms with Gasteiger partial charge in [-0.2, -0.15) is 0 Å². The number of hydrogen-bond donors (Lipinski definition) is 2. The molecule has 0 aromatic carbocycles. The van der Waals surface area contributed by atoms with Gasteiger partial charge in [0.15, 0.2) is 0 Å². The maximum Gasteiger partial charge on any atom is 0.322 e. The van der Waals surface area contributed by atoms with Gasteiger partial charge < -0.3 is 15.6 Å². The first-order chi connectivity index (χ1) is 6.69. The van der Waals surface area contributed by atoms with Crippen molar-refractivity contribution in [3.05, 3.63) is 0 Å². The third-order valence-corrected chi connectivity index (χ3v) is 3.13. The topological polar surface area (TPSA) is 72.5 Å². The van der Waals surface area contributed by atoms with Crippen molar-refractivity contribution in [1.82, 2.24) is 0 Å². The number of aliphatic hydroxyl groups excluding tert-OH is 1. The van der Waals surface area contributed by atoms with E-state index in [1.807, 2.05) is 0 Å². The molecule has 14 heavy (non-hydrogen) atoms. The van der Waals surface area contributed by atoms with Crippen molar-refractivity contribution in [3.63, 3.8) is 0 Å². The quantitative estimate of drug-likeness (QED) is 0.643. The van der Waals surface area contributed by atoms with Gasteiger partial charge in [0.25, 0.3) is 0 Å². The molecule has 0 amide bonds. The fourth-order valence-corrected chi connectivity index (χ4v) is 2.06. The highest BCUT2D eigenvalue weighted by molar-refractivity contribution is 5.75. The van der Waals surface area contributed by atoms with E-state index in [1.54, 1.807) is 0 Å². The van der Waals surface area contributed by atoms with Crippen LogP contribution in [0.4, 0.5) is 0 Å². The Morgan fingerprint density at radius 2 is 2.07 bits per heavy atom. The zero-order valence-electron chi connectivity index (χ0n) is 8.61. The van der Waals surface area contributed by atoms with Crippen molar-refractivity contribution in [2.75, 3.05) is 13.7 Å². The second-order valence-electron chi connectivity index (χ2n) is 4.01. The fourth-order valence-electron chi connectivity index (χ4n) is 2.06. The number of ether oxygens (including phenoxy) is 1. The van der Waals surface area contributed by atoms with Crippen LogP contribution in [0.3, 0.4) is 0 Å². The molecular formula is C10H19NO3. The number of aliphatic hydroxyl groups is 1. The number of esters is 1. The molecular weight excluding hydrogens is 182 g/mol. The molecule has 0 unspecified atom stereocenters. The van der Waals surface area contributed by atoms with Crippen LogP contribution in [-0.4, -0.2) is 30.8 Å². The van der Waals surface area contributed by atoms with Gasteiger partial charge in [-0.1, -0.05) is 0 Å². The number of carbonyl (C=O) groups is 1. The van der Waals surface area contributed by atoms with Crippen molar-refractivity contribution >= 4 is 5.97 Å². The van der Waals surface area contributed by atoms with Crippen LogP contribution in [0.1, 0.15) is 25.7 Å². The van der Waals surface area contributed by atoms with Crippen LogP contribution in [0.2, 0.25) is 0 Å². The molecule has 1 aliphatic rings. The van der Waals surface area contributed by atoms with Crippen molar-refractivity contribution in [1.29, 1.82) is 0 Å². The molecule has 1 rings (SSSR count). The third kappa shape index (κ3) is 2.69. The molecule has 1 fully saturated rings. The van der Waals surface area contributed by atoms with Gasteiger partial charge in [0.05, 0.1) is 7.11 Å². The zero-order valence-corrected chi connectivity index (χ0v) is 8.61. The Bertz CT molecular complexity index is 188. The smallest absolute Gasteiger partial charge is 0.322 e. The first kappa shape index (κ1) is 11.5. The van der Waals surface area contributed by atoms with Gasteiger partial charge in [-0.3, -0.25) is 4.79 Å².